The normalized spacial score (nSPS) is 17.2. The van der Waals surface area contributed by atoms with E-state index in [1.54, 1.807) is 13.8 Å². The Morgan fingerprint density at radius 3 is 2.36 bits per heavy atom. The molecule has 4 aromatic rings. The summed E-state index contributed by atoms with van der Waals surface area (Å²) in [7, 11) is 0. The molecule has 0 aliphatic carbocycles. The number of piperidine rings is 1. The highest BCUT2D eigenvalue weighted by atomic mass is 19.4. The maximum absolute atomic E-state index is 15.3. The van der Waals surface area contributed by atoms with Crippen molar-refractivity contribution in [1.82, 2.24) is 14.9 Å². The van der Waals surface area contributed by atoms with Gasteiger partial charge in [-0.05, 0) is 68.4 Å². The van der Waals surface area contributed by atoms with Crippen molar-refractivity contribution < 1.29 is 46.2 Å². The van der Waals surface area contributed by atoms with E-state index in [0.717, 1.165) is 23.1 Å². The van der Waals surface area contributed by atoms with Gasteiger partial charge in [0, 0.05) is 62.5 Å². The fraction of sp³-hybridized carbons (Fsp3) is 0.297. The number of imide groups is 1. The molecule has 0 radical (unpaired) electrons. The molecule has 18 heteroatoms. The van der Waals surface area contributed by atoms with E-state index in [0.29, 0.717) is 0 Å². The second-order valence-corrected chi connectivity index (χ2v) is 13.2. The Morgan fingerprint density at radius 1 is 1.02 bits per heavy atom. The van der Waals surface area contributed by atoms with Crippen LogP contribution in [-0.4, -0.2) is 75.3 Å². The molecule has 2 aromatic carbocycles. The quantitative estimate of drug-likeness (QED) is 0.127. The Morgan fingerprint density at radius 2 is 1.73 bits per heavy atom. The number of aliphatic hydroxyl groups is 1. The van der Waals surface area contributed by atoms with Crippen molar-refractivity contribution >= 4 is 46.7 Å². The summed E-state index contributed by atoms with van der Waals surface area (Å²) in [5.74, 6) is -4.01. The van der Waals surface area contributed by atoms with Gasteiger partial charge in [0.05, 0.1) is 11.3 Å². The lowest BCUT2D eigenvalue weighted by molar-refractivity contribution is -0.266. The summed E-state index contributed by atoms with van der Waals surface area (Å²) in [5, 5.41) is 25.1. The Hall–Kier alpha value is -6.35. The zero-order chi connectivity index (χ0) is 39.7. The van der Waals surface area contributed by atoms with Crippen molar-refractivity contribution in [3.05, 3.63) is 90.1 Å². The van der Waals surface area contributed by atoms with E-state index < -0.39 is 60.0 Å². The van der Waals surface area contributed by atoms with E-state index >= 15 is 4.39 Å². The average molecular weight is 765 g/mol. The Bertz CT molecular complexity index is 2150. The Kier molecular flexibility index (Phi) is 10.6. The zero-order valence-electron chi connectivity index (χ0n) is 29.3. The molecule has 2 fully saturated rings. The number of carbonyl (C=O) groups is 3. The van der Waals surface area contributed by atoms with Gasteiger partial charge in [0.15, 0.2) is 17.2 Å². The van der Waals surface area contributed by atoms with Crippen molar-refractivity contribution in [2.45, 2.75) is 44.5 Å². The van der Waals surface area contributed by atoms with Crippen molar-refractivity contribution in [1.29, 1.82) is 5.26 Å². The summed E-state index contributed by atoms with van der Waals surface area (Å²) in [4.78, 5) is 52.2. The number of ether oxygens (including phenoxy) is 1. The third kappa shape index (κ3) is 8.11. The number of alkyl halides is 3. The molecule has 0 spiro atoms. The van der Waals surface area contributed by atoms with Crippen LogP contribution < -0.4 is 25.2 Å². The number of pyridine rings is 2. The number of nitrogens with zero attached hydrogens (tertiary/aromatic N) is 6. The monoisotopic (exact) mass is 764 g/mol. The number of amides is 4. The van der Waals surface area contributed by atoms with Gasteiger partial charge >= 0.3 is 12.2 Å². The van der Waals surface area contributed by atoms with Crippen LogP contribution in [0.4, 0.5) is 55.6 Å². The predicted octanol–water partition coefficient (Wildman–Crippen LogP) is 6.49. The average Bonchev–Trinajstić information content (AvgIpc) is 3.13. The first-order valence-corrected chi connectivity index (χ1v) is 16.9. The molecular formula is C37H33F5N8O5. The number of aromatic nitrogens is 2. The van der Waals surface area contributed by atoms with Crippen molar-refractivity contribution in [2.24, 2.45) is 5.92 Å². The largest absolute Gasteiger partial charge is 0.454 e. The fourth-order valence-electron chi connectivity index (χ4n) is 6.10. The number of rotatable bonds is 9. The molecule has 13 nitrogen and oxygen atoms in total. The van der Waals surface area contributed by atoms with Gasteiger partial charge in [0.1, 0.15) is 41.0 Å². The molecule has 2 aliphatic rings. The van der Waals surface area contributed by atoms with E-state index in [1.807, 2.05) is 6.07 Å². The van der Waals surface area contributed by atoms with Gasteiger partial charge in [0.25, 0.3) is 0 Å². The Balaban J connectivity index is 1.12. The minimum absolute atomic E-state index is 0.000507. The molecule has 2 aromatic heterocycles. The van der Waals surface area contributed by atoms with E-state index in [9.17, 15) is 42.3 Å². The SMILES string of the molecule is CC(C)N1CC(C(=O)Nc2ccc(Oc3ccnc(Nc4ccc(C#N)c(N5CCC(O)(C(F)(F)F)CC5)n4)c3)c(F)c2)C(=O)N(c2ccc(F)cc2)C1=O. The molecule has 55 heavy (non-hydrogen) atoms. The summed E-state index contributed by atoms with van der Waals surface area (Å²) in [6.45, 7) is 2.81. The molecule has 1 atom stereocenters. The summed E-state index contributed by atoms with van der Waals surface area (Å²) in [6, 6.07) is 15.0. The molecule has 3 N–H and O–H groups in total. The van der Waals surface area contributed by atoms with Crippen molar-refractivity contribution in [3.8, 4) is 17.6 Å². The van der Waals surface area contributed by atoms with Gasteiger partial charge in [-0.15, -0.1) is 0 Å². The maximum atomic E-state index is 15.3. The predicted molar refractivity (Wildman–Crippen MR) is 189 cm³/mol. The third-order valence-corrected chi connectivity index (χ3v) is 9.19. The molecule has 0 saturated carbocycles. The first kappa shape index (κ1) is 38.4. The zero-order valence-corrected chi connectivity index (χ0v) is 29.3. The van der Waals surface area contributed by atoms with Crippen LogP contribution in [0, 0.1) is 28.9 Å². The van der Waals surface area contributed by atoms with Crippen molar-refractivity contribution in [3.63, 3.8) is 0 Å². The van der Waals surface area contributed by atoms with Gasteiger partial charge in [-0.1, -0.05) is 0 Å². The molecule has 2 saturated heterocycles. The molecule has 4 amide bonds. The third-order valence-electron chi connectivity index (χ3n) is 9.19. The second-order valence-electron chi connectivity index (χ2n) is 13.2. The van der Waals surface area contributed by atoms with E-state index in [2.05, 4.69) is 20.6 Å². The fourth-order valence-corrected chi connectivity index (χ4v) is 6.10. The van der Waals surface area contributed by atoms with Gasteiger partial charge < -0.3 is 30.3 Å². The number of nitrogens with one attached hydrogen (secondary N) is 2. The lowest BCUT2D eigenvalue weighted by Gasteiger charge is -2.39. The van der Waals surface area contributed by atoms with Crippen LogP contribution in [0.15, 0.2) is 72.9 Å². The summed E-state index contributed by atoms with van der Waals surface area (Å²) >= 11 is 0. The molecule has 2 aliphatic heterocycles. The van der Waals surface area contributed by atoms with E-state index in [1.165, 1.54) is 64.5 Å². The number of anilines is 5. The van der Waals surface area contributed by atoms with Crippen molar-refractivity contribution in [2.75, 3.05) is 40.1 Å². The smallest absolute Gasteiger partial charge is 0.417 e. The van der Waals surface area contributed by atoms with Crippen LogP contribution in [0.5, 0.6) is 11.5 Å². The molecule has 286 valence electrons. The number of benzene rings is 2. The number of hydrogen-bond donors (Lipinski definition) is 3. The standard InChI is InChI=1S/C37H33F5N8O5/c1-21(2)49-20-27(34(52)50(35(49)53)25-7-4-23(38)5-8-25)33(51)45-24-6-9-29(28(39)17-24)55-26-11-14-44-31(18-26)46-30-10-3-22(19-43)32(47-30)48-15-12-36(54,13-16-48)37(40,41)42/h3-11,14,17-18,21,27,54H,12-13,15-16,20H2,1-2H3,(H,45,51)(H,44,46,47). The topological polar surface area (TPSA) is 164 Å². The van der Waals surface area contributed by atoms with Gasteiger partial charge in [-0.25, -0.2) is 28.4 Å². The molecule has 0 bridgehead atoms. The highest BCUT2D eigenvalue weighted by Crippen LogP contribution is 2.40. The van der Waals surface area contributed by atoms with Crippen LogP contribution in [0.3, 0.4) is 0 Å². The number of urea groups is 1. The minimum Gasteiger partial charge on any atom is -0.454 e. The second kappa shape index (κ2) is 15.2. The molecular weight excluding hydrogens is 731 g/mol. The van der Waals surface area contributed by atoms with E-state index in [4.69, 9.17) is 4.74 Å². The minimum atomic E-state index is -4.79. The summed E-state index contributed by atoms with van der Waals surface area (Å²) < 4.78 is 74.5. The van der Waals surface area contributed by atoms with Crippen LogP contribution in [0.25, 0.3) is 0 Å². The number of carbonyl (C=O) groups excluding carboxylic acids is 3. The maximum Gasteiger partial charge on any atom is 0.417 e. The Labute approximate surface area is 310 Å². The molecule has 1 unspecified atom stereocenters. The van der Waals surface area contributed by atoms with Crippen LogP contribution >= 0.6 is 0 Å². The van der Waals surface area contributed by atoms with E-state index in [-0.39, 0.29) is 71.6 Å². The highest BCUT2D eigenvalue weighted by molar-refractivity contribution is 6.23. The number of hydrogen-bond acceptors (Lipinski definition) is 10. The highest BCUT2D eigenvalue weighted by Gasteiger charge is 2.54. The van der Waals surface area contributed by atoms with Crippen LogP contribution in [-0.2, 0) is 9.59 Å². The first-order chi connectivity index (χ1) is 26.1. The van der Waals surface area contributed by atoms with Crippen LogP contribution in [0.2, 0.25) is 0 Å². The summed E-state index contributed by atoms with van der Waals surface area (Å²) in [6.07, 6.45) is -4.62. The molecule has 4 heterocycles. The van der Waals surface area contributed by atoms with Gasteiger partial charge in [0.2, 0.25) is 11.8 Å². The number of halogens is 5. The van der Waals surface area contributed by atoms with Gasteiger partial charge in [-0.3, -0.25) is 9.59 Å². The lowest BCUT2D eigenvalue weighted by atomic mass is 9.90. The van der Waals surface area contributed by atoms with Crippen LogP contribution in [0.1, 0.15) is 32.3 Å². The lowest BCUT2D eigenvalue weighted by Crippen LogP contribution is -2.61. The summed E-state index contributed by atoms with van der Waals surface area (Å²) in [5.41, 5.74) is -2.62. The molecule has 6 rings (SSSR count). The first-order valence-electron chi connectivity index (χ1n) is 16.9. The number of nitriles is 1. The van der Waals surface area contributed by atoms with Gasteiger partial charge in [-0.2, -0.15) is 18.4 Å².